The Kier molecular flexibility index (Phi) is 6.43. The van der Waals surface area contributed by atoms with Crippen LogP contribution in [-0.2, 0) is 20.1 Å². The van der Waals surface area contributed by atoms with Gasteiger partial charge in [0.25, 0.3) is 5.56 Å². The van der Waals surface area contributed by atoms with Crippen LogP contribution in [0.3, 0.4) is 0 Å². The van der Waals surface area contributed by atoms with Crippen LogP contribution in [0.15, 0.2) is 9.59 Å². The highest BCUT2D eigenvalue weighted by Crippen LogP contribution is 2.27. The van der Waals surface area contributed by atoms with E-state index >= 15 is 0 Å². The number of rotatable bonds is 6. The number of aryl methyl sites for hydroxylation is 2. The van der Waals surface area contributed by atoms with E-state index in [1.165, 1.54) is 19.3 Å². The molecule has 0 saturated carbocycles. The molecule has 3 rings (SSSR count). The normalized spacial score (nSPS) is 21.5. The molecule has 1 fully saturated rings. The van der Waals surface area contributed by atoms with Crippen molar-refractivity contribution in [1.82, 2.24) is 24.0 Å². The van der Waals surface area contributed by atoms with Gasteiger partial charge in [-0.2, -0.15) is 0 Å². The summed E-state index contributed by atoms with van der Waals surface area (Å²) in [6.45, 7) is 11.3. The van der Waals surface area contributed by atoms with Gasteiger partial charge in [0.15, 0.2) is 11.2 Å². The average Bonchev–Trinajstić information content (AvgIpc) is 2.83. The molecule has 3 heterocycles. The van der Waals surface area contributed by atoms with Gasteiger partial charge in [0.1, 0.15) is 5.82 Å². The summed E-state index contributed by atoms with van der Waals surface area (Å²) >= 11 is 0. The van der Waals surface area contributed by atoms with Gasteiger partial charge < -0.3 is 4.57 Å². The second kappa shape index (κ2) is 8.64. The van der Waals surface area contributed by atoms with Crippen molar-refractivity contribution in [2.24, 2.45) is 18.9 Å². The average molecular weight is 390 g/mol. The second-order valence-corrected chi connectivity index (χ2v) is 8.78. The van der Waals surface area contributed by atoms with Gasteiger partial charge in [-0.1, -0.05) is 34.1 Å². The maximum atomic E-state index is 12.5. The Bertz CT molecular complexity index is 923. The van der Waals surface area contributed by atoms with Crippen molar-refractivity contribution in [2.75, 3.05) is 6.54 Å². The fourth-order valence-corrected chi connectivity index (χ4v) is 4.42. The molecular weight excluding hydrogens is 354 g/mol. The molecule has 7 heteroatoms. The number of nitrogens with zero attached hydrogens (tertiary/aromatic N) is 4. The van der Waals surface area contributed by atoms with Crippen LogP contribution in [-0.4, -0.2) is 36.6 Å². The fourth-order valence-electron chi connectivity index (χ4n) is 4.42. The Labute approximate surface area is 166 Å². The summed E-state index contributed by atoms with van der Waals surface area (Å²) < 4.78 is 3.50. The van der Waals surface area contributed by atoms with Crippen LogP contribution in [0.25, 0.3) is 11.2 Å². The molecule has 0 radical (unpaired) electrons. The molecule has 0 amide bonds. The number of aromatic nitrogens is 4. The summed E-state index contributed by atoms with van der Waals surface area (Å²) in [4.78, 5) is 34.6. The zero-order valence-corrected chi connectivity index (χ0v) is 18.0. The molecule has 1 aliphatic heterocycles. The highest BCUT2D eigenvalue weighted by Gasteiger charge is 2.28. The summed E-state index contributed by atoms with van der Waals surface area (Å²) in [7, 11) is 1.89. The first kappa shape index (κ1) is 20.8. The lowest BCUT2D eigenvalue weighted by atomic mass is 9.95. The van der Waals surface area contributed by atoms with E-state index in [4.69, 9.17) is 4.98 Å². The van der Waals surface area contributed by atoms with Gasteiger partial charge in [0, 0.05) is 19.6 Å². The molecule has 0 spiro atoms. The second-order valence-electron chi connectivity index (χ2n) is 8.78. The van der Waals surface area contributed by atoms with Crippen molar-refractivity contribution >= 4 is 11.2 Å². The maximum Gasteiger partial charge on any atom is 0.330 e. The van der Waals surface area contributed by atoms with E-state index in [0.717, 1.165) is 31.1 Å². The molecule has 2 aromatic heterocycles. The molecule has 0 aliphatic carbocycles. The number of likely N-dealkylation sites (tertiary alicyclic amines) is 1. The van der Waals surface area contributed by atoms with Crippen LogP contribution < -0.4 is 11.2 Å². The lowest BCUT2D eigenvalue weighted by Gasteiger charge is -2.32. The van der Waals surface area contributed by atoms with Gasteiger partial charge in [-0.15, -0.1) is 0 Å². The topological polar surface area (TPSA) is 75.9 Å². The van der Waals surface area contributed by atoms with Crippen molar-refractivity contribution in [3.05, 3.63) is 26.7 Å². The summed E-state index contributed by atoms with van der Waals surface area (Å²) in [5.41, 5.74) is 0.303. The first-order valence-electron chi connectivity index (χ1n) is 10.8. The number of aromatic amines is 1. The third-order valence-electron chi connectivity index (χ3n) is 6.29. The highest BCUT2D eigenvalue weighted by atomic mass is 16.2. The molecule has 2 atom stereocenters. The number of imidazole rings is 1. The first-order chi connectivity index (χ1) is 13.3. The molecule has 2 aromatic rings. The van der Waals surface area contributed by atoms with Crippen LogP contribution in [0.5, 0.6) is 0 Å². The smallest absolute Gasteiger partial charge is 0.324 e. The molecule has 2 unspecified atom stereocenters. The molecule has 0 aromatic carbocycles. The van der Waals surface area contributed by atoms with E-state index in [2.05, 4.69) is 37.6 Å². The van der Waals surface area contributed by atoms with Crippen LogP contribution in [0.4, 0.5) is 0 Å². The summed E-state index contributed by atoms with van der Waals surface area (Å²) in [6, 6.07) is 0.519. The summed E-state index contributed by atoms with van der Waals surface area (Å²) in [6.07, 6.45) is 5.51. The number of H-pyrrole nitrogens is 1. The van der Waals surface area contributed by atoms with Crippen LogP contribution >= 0.6 is 0 Å². The lowest BCUT2D eigenvalue weighted by molar-refractivity contribution is 0.144. The Morgan fingerprint density at radius 1 is 1.21 bits per heavy atom. The molecule has 1 N–H and O–H groups in total. The van der Waals surface area contributed by atoms with Crippen molar-refractivity contribution in [3.8, 4) is 0 Å². The van der Waals surface area contributed by atoms with Crippen LogP contribution in [0.1, 0.15) is 65.6 Å². The van der Waals surface area contributed by atoms with E-state index in [0.29, 0.717) is 36.2 Å². The van der Waals surface area contributed by atoms with Crippen molar-refractivity contribution in [2.45, 2.75) is 78.9 Å². The van der Waals surface area contributed by atoms with Crippen LogP contribution in [0, 0.1) is 11.8 Å². The monoisotopic (exact) mass is 389 g/mol. The minimum Gasteiger partial charge on any atom is -0.324 e. The predicted octanol–water partition coefficient (Wildman–Crippen LogP) is 2.87. The standard InChI is InChI=1S/C21H35N5O2/c1-6-7-11-26-19-18(20(27)23-21(26)28)24(5)17(22-19)13-25-12-10-15(4)8-9-16(25)14(2)3/h14-16H,6-13H2,1-5H3,(H,23,27,28). The molecule has 156 valence electrons. The summed E-state index contributed by atoms with van der Waals surface area (Å²) in [5, 5.41) is 0. The minimum atomic E-state index is -0.362. The Hall–Kier alpha value is -1.89. The van der Waals surface area contributed by atoms with Crippen LogP contribution in [0.2, 0.25) is 0 Å². The molecular formula is C21H35N5O2. The van der Waals surface area contributed by atoms with E-state index in [-0.39, 0.29) is 11.2 Å². The number of hydrogen-bond acceptors (Lipinski definition) is 4. The van der Waals surface area contributed by atoms with Gasteiger partial charge in [0.2, 0.25) is 0 Å². The molecule has 1 aliphatic rings. The molecule has 0 bridgehead atoms. The third kappa shape index (κ3) is 4.09. The lowest BCUT2D eigenvalue weighted by Crippen LogP contribution is -2.38. The van der Waals surface area contributed by atoms with Crippen molar-refractivity contribution in [3.63, 3.8) is 0 Å². The zero-order chi connectivity index (χ0) is 20.4. The van der Waals surface area contributed by atoms with E-state index in [9.17, 15) is 9.59 Å². The minimum absolute atomic E-state index is 0.348. The Morgan fingerprint density at radius 3 is 2.64 bits per heavy atom. The van der Waals surface area contributed by atoms with E-state index in [1.807, 2.05) is 11.6 Å². The van der Waals surface area contributed by atoms with Gasteiger partial charge in [-0.05, 0) is 44.1 Å². The summed E-state index contributed by atoms with van der Waals surface area (Å²) in [5.74, 6) is 2.18. The number of unbranched alkanes of at least 4 members (excludes halogenated alkanes) is 1. The number of hydrogen-bond donors (Lipinski definition) is 1. The molecule has 1 saturated heterocycles. The van der Waals surface area contributed by atoms with Gasteiger partial charge >= 0.3 is 5.69 Å². The molecule has 7 nitrogen and oxygen atoms in total. The molecule has 28 heavy (non-hydrogen) atoms. The van der Waals surface area contributed by atoms with Gasteiger partial charge in [-0.3, -0.25) is 19.2 Å². The Morgan fingerprint density at radius 2 is 1.96 bits per heavy atom. The Balaban J connectivity index is 2.01. The zero-order valence-electron chi connectivity index (χ0n) is 18.0. The number of fused-ring (bicyclic) bond motifs is 1. The largest absolute Gasteiger partial charge is 0.330 e. The SMILES string of the molecule is CCCCn1c(=O)[nH]c(=O)c2c1nc(CN1CCC(C)CCC1C(C)C)n2C. The van der Waals surface area contributed by atoms with Crippen molar-refractivity contribution in [1.29, 1.82) is 0 Å². The van der Waals surface area contributed by atoms with E-state index in [1.54, 1.807) is 4.57 Å². The highest BCUT2D eigenvalue weighted by molar-refractivity contribution is 5.70. The maximum absolute atomic E-state index is 12.5. The fraction of sp³-hybridized carbons (Fsp3) is 0.762. The number of nitrogens with one attached hydrogen (secondary N) is 1. The van der Waals surface area contributed by atoms with Gasteiger partial charge in [-0.25, -0.2) is 9.78 Å². The van der Waals surface area contributed by atoms with E-state index < -0.39 is 0 Å². The third-order valence-corrected chi connectivity index (χ3v) is 6.29. The predicted molar refractivity (Wildman–Crippen MR) is 113 cm³/mol. The van der Waals surface area contributed by atoms with Gasteiger partial charge in [0.05, 0.1) is 6.54 Å². The first-order valence-corrected chi connectivity index (χ1v) is 10.8. The van der Waals surface area contributed by atoms with Crippen molar-refractivity contribution < 1.29 is 0 Å². The quantitative estimate of drug-likeness (QED) is 0.824.